The minimum atomic E-state index is -0.616. The normalized spacial score (nSPS) is 12.4. The largest absolute Gasteiger partial charge is 0.353 e. The first-order valence-electron chi connectivity index (χ1n) is 9.66. The van der Waals surface area contributed by atoms with Crippen molar-refractivity contribution >= 4 is 16.9 Å². The highest BCUT2D eigenvalue weighted by Gasteiger charge is 2.23. The van der Waals surface area contributed by atoms with E-state index >= 15 is 0 Å². The molecule has 1 amide bonds. The number of benzene rings is 2. The molecule has 1 N–H and O–H groups in total. The van der Waals surface area contributed by atoms with E-state index in [1.807, 2.05) is 48.5 Å². The number of aromatic nitrogens is 6. The summed E-state index contributed by atoms with van der Waals surface area (Å²) in [5.74, 6) is 0.802. The fraction of sp³-hybridized carbons (Fsp3) is 0.286. The number of nitrogens with zero attached hydrogens (tertiary/aromatic N) is 6. The zero-order chi connectivity index (χ0) is 20.2. The summed E-state index contributed by atoms with van der Waals surface area (Å²) >= 11 is 0. The smallest absolute Gasteiger partial charge is 0.249 e. The van der Waals surface area contributed by atoms with Crippen LogP contribution in [-0.2, 0) is 11.2 Å². The molecular formula is C21H23N7O. The number of carbonyl (C=O) groups excluding carboxylic acids is 1. The van der Waals surface area contributed by atoms with E-state index in [1.54, 1.807) is 0 Å². The summed E-state index contributed by atoms with van der Waals surface area (Å²) in [4.78, 5) is 17.7. The first-order valence-corrected chi connectivity index (χ1v) is 9.66. The standard InChI is InChI=1S/C21H23N7O/c1-15(2)28-18-11-7-6-10-17(18)24-19(28)12-13-22-21(29)20(27-14-23-25-26-27)16-8-4-3-5-9-16/h3-11,14-15,20H,12-13H2,1-2H3,(H,22,29)/t20-/m0/s1. The van der Waals surface area contributed by atoms with E-state index in [9.17, 15) is 4.79 Å². The summed E-state index contributed by atoms with van der Waals surface area (Å²) in [6.07, 6.45) is 2.09. The van der Waals surface area contributed by atoms with Crippen LogP contribution in [0.25, 0.3) is 11.0 Å². The Morgan fingerprint density at radius 2 is 1.83 bits per heavy atom. The number of nitrogens with one attached hydrogen (secondary N) is 1. The van der Waals surface area contributed by atoms with E-state index in [2.05, 4.69) is 45.3 Å². The number of amides is 1. The van der Waals surface area contributed by atoms with Gasteiger partial charge in [0.25, 0.3) is 0 Å². The molecule has 0 bridgehead atoms. The maximum atomic E-state index is 13.0. The Balaban J connectivity index is 1.51. The maximum Gasteiger partial charge on any atom is 0.249 e. The fourth-order valence-corrected chi connectivity index (χ4v) is 3.59. The van der Waals surface area contributed by atoms with Crippen LogP contribution in [0, 0.1) is 0 Å². The number of carbonyl (C=O) groups is 1. The van der Waals surface area contributed by atoms with Crippen molar-refractivity contribution in [3.05, 3.63) is 72.3 Å². The van der Waals surface area contributed by atoms with E-state index in [0.29, 0.717) is 13.0 Å². The quantitative estimate of drug-likeness (QED) is 0.525. The van der Waals surface area contributed by atoms with E-state index in [0.717, 1.165) is 22.4 Å². The predicted octanol–water partition coefficient (Wildman–Crippen LogP) is 2.55. The highest BCUT2D eigenvalue weighted by atomic mass is 16.2. The molecule has 0 saturated heterocycles. The van der Waals surface area contributed by atoms with Gasteiger partial charge in [0.2, 0.25) is 5.91 Å². The molecule has 29 heavy (non-hydrogen) atoms. The van der Waals surface area contributed by atoms with Crippen LogP contribution in [-0.4, -0.2) is 42.2 Å². The van der Waals surface area contributed by atoms with Gasteiger partial charge in [-0.25, -0.2) is 9.67 Å². The van der Waals surface area contributed by atoms with Crippen LogP contribution in [0.4, 0.5) is 0 Å². The van der Waals surface area contributed by atoms with Crippen molar-refractivity contribution in [2.45, 2.75) is 32.4 Å². The van der Waals surface area contributed by atoms with Crippen molar-refractivity contribution in [2.24, 2.45) is 0 Å². The summed E-state index contributed by atoms with van der Waals surface area (Å²) in [5, 5.41) is 14.3. The topological polar surface area (TPSA) is 90.5 Å². The molecule has 0 saturated carbocycles. The molecule has 2 heterocycles. The highest BCUT2D eigenvalue weighted by molar-refractivity contribution is 5.83. The molecule has 1 atom stereocenters. The van der Waals surface area contributed by atoms with Crippen LogP contribution >= 0.6 is 0 Å². The fourth-order valence-electron chi connectivity index (χ4n) is 3.59. The third-order valence-electron chi connectivity index (χ3n) is 4.83. The van der Waals surface area contributed by atoms with Gasteiger partial charge in [-0.05, 0) is 42.0 Å². The van der Waals surface area contributed by atoms with E-state index < -0.39 is 6.04 Å². The Morgan fingerprint density at radius 3 is 2.55 bits per heavy atom. The van der Waals surface area contributed by atoms with Crippen molar-refractivity contribution in [3.63, 3.8) is 0 Å². The van der Waals surface area contributed by atoms with Crippen LogP contribution in [0.3, 0.4) is 0 Å². The number of imidazole rings is 1. The first kappa shape index (κ1) is 18.8. The molecule has 4 aromatic rings. The number of rotatable bonds is 7. The number of fused-ring (bicyclic) bond motifs is 1. The molecule has 0 aliphatic rings. The highest BCUT2D eigenvalue weighted by Crippen LogP contribution is 2.21. The Kier molecular flexibility index (Phi) is 5.33. The lowest BCUT2D eigenvalue weighted by atomic mass is 10.1. The van der Waals surface area contributed by atoms with Crippen molar-refractivity contribution < 1.29 is 4.79 Å². The molecule has 2 aromatic heterocycles. The molecule has 0 unspecified atom stereocenters. The summed E-state index contributed by atoms with van der Waals surface area (Å²) in [6.45, 7) is 4.75. The van der Waals surface area contributed by atoms with Gasteiger partial charge in [-0.15, -0.1) is 5.10 Å². The second-order valence-corrected chi connectivity index (χ2v) is 7.12. The Morgan fingerprint density at radius 1 is 1.07 bits per heavy atom. The summed E-state index contributed by atoms with van der Waals surface area (Å²) in [6, 6.07) is 17.3. The lowest BCUT2D eigenvalue weighted by Gasteiger charge is -2.17. The second kappa shape index (κ2) is 8.22. The zero-order valence-corrected chi connectivity index (χ0v) is 16.4. The van der Waals surface area contributed by atoms with Crippen molar-refractivity contribution in [1.29, 1.82) is 0 Å². The zero-order valence-electron chi connectivity index (χ0n) is 16.4. The van der Waals surface area contributed by atoms with Gasteiger partial charge in [0.05, 0.1) is 11.0 Å². The summed E-state index contributed by atoms with van der Waals surface area (Å²) in [5.41, 5.74) is 2.91. The van der Waals surface area contributed by atoms with Gasteiger partial charge in [-0.1, -0.05) is 42.5 Å². The molecule has 8 nitrogen and oxygen atoms in total. The molecule has 2 aromatic carbocycles. The average Bonchev–Trinajstić information content (AvgIpc) is 3.36. The Hall–Kier alpha value is -3.55. The molecule has 0 radical (unpaired) electrons. The van der Waals surface area contributed by atoms with Crippen molar-refractivity contribution in [3.8, 4) is 0 Å². The van der Waals surface area contributed by atoms with Crippen LogP contribution in [0.15, 0.2) is 60.9 Å². The van der Waals surface area contributed by atoms with Crippen LogP contribution < -0.4 is 5.32 Å². The molecule has 0 aliphatic heterocycles. The van der Waals surface area contributed by atoms with Crippen LogP contribution in [0.1, 0.15) is 37.3 Å². The molecule has 8 heteroatoms. The number of hydrogen-bond donors (Lipinski definition) is 1. The van der Waals surface area contributed by atoms with Gasteiger partial charge in [-0.3, -0.25) is 4.79 Å². The van der Waals surface area contributed by atoms with Gasteiger partial charge in [0.15, 0.2) is 6.04 Å². The second-order valence-electron chi connectivity index (χ2n) is 7.12. The number of hydrogen-bond acceptors (Lipinski definition) is 5. The molecule has 0 fully saturated rings. The maximum absolute atomic E-state index is 13.0. The molecule has 0 spiro atoms. The average molecular weight is 389 g/mol. The van der Waals surface area contributed by atoms with Gasteiger partial charge in [-0.2, -0.15) is 0 Å². The van der Waals surface area contributed by atoms with Gasteiger partial charge in [0.1, 0.15) is 12.2 Å². The summed E-state index contributed by atoms with van der Waals surface area (Å²) < 4.78 is 3.69. The SMILES string of the molecule is CC(C)n1c(CCNC(=O)[C@H](c2ccccc2)n2cnnn2)nc2ccccc21. The molecule has 4 rings (SSSR count). The monoisotopic (exact) mass is 389 g/mol. The van der Waals surface area contributed by atoms with Gasteiger partial charge < -0.3 is 9.88 Å². The molecule has 148 valence electrons. The van der Waals surface area contributed by atoms with E-state index in [-0.39, 0.29) is 11.9 Å². The lowest BCUT2D eigenvalue weighted by Crippen LogP contribution is -2.35. The van der Waals surface area contributed by atoms with E-state index in [4.69, 9.17) is 4.98 Å². The molecular weight excluding hydrogens is 366 g/mol. The molecule has 0 aliphatic carbocycles. The Labute approximate surface area is 168 Å². The third-order valence-corrected chi connectivity index (χ3v) is 4.83. The number of tetrazole rings is 1. The van der Waals surface area contributed by atoms with Crippen molar-refractivity contribution in [1.82, 2.24) is 35.1 Å². The predicted molar refractivity (Wildman–Crippen MR) is 109 cm³/mol. The van der Waals surface area contributed by atoms with Crippen molar-refractivity contribution in [2.75, 3.05) is 6.54 Å². The van der Waals surface area contributed by atoms with Gasteiger partial charge in [0, 0.05) is 19.0 Å². The van der Waals surface area contributed by atoms with Crippen LogP contribution in [0.2, 0.25) is 0 Å². The number of para-hydroxylation sites is 2. The minimum Gasteiger partial charge on any atom is -0.353 e. The first-order chi connectivity index (χ1) is 14.1. The van der Waals surface area contributed by atoms with E-state index in [1.165, 1.54) is 11.0 Å². The lowest BCUT2D eigenvalue weighted by molar-refractivity contribution is -0.123. The minimum absolute atomic E-state index is 0.157. The third kappa shape index (κ3) is 3.87. The van der Waals surface area contributed by atoms with Crippen LogP contribution in [0.5, 0.6) is 0 Å². The summed E-state index contributed by atoms with van der Waals surface area (Å²) in [7, 11) is 0. The Bertz CT molecular complexity index is 1090. The van der Waals surface area contributed by atoms with Gasteiger partial charge >= 0.3 is 0 Å².